The largest absolute Gasteiger partial charge is 0.399 e. The predicted octanol–water partition coefficient (Wildman–Crippen LogP) is 4.03. The molecule has 0 bridgehead atoms. The Balaban J connectivity index is 0.00000192. The van der Waals surface area contributed by atoms with Crippen molar-refractivity contribution in [2.24, 2.45) is 0 Å². The van der Waals surface area contributed by atoms with E-state index in [0.717, 1.165) is 31.2 Å². The molecule has 3 nitrogen and oxygen atoms in total. The Morgan fingerprint density at radius 3 is 2.35 bits per heavy atom. The van der Waals surface area contributed by atoms with Crippen molar-refractivity contribution in [3.05, 3.63) is 65.5 Å². The van der Waals surface area contributed by atoms with Gasteiger partial charge in [-0.25, -0.2) is 4.39 Å². The molecule has 1 amide bonds. The Labute approximate surface area is 141 Å². The van der Waals surface area contributed by atoms with E-state index in [4.69, 9.17) is 5.73 Å². The number of amides is 1. The van der Waals surface area contributed by atoms with Crippen molar-refractivity contribution in [3.63, 3.8) is 0 Å². The highest BCUT2D eigenvalue weighted by Crippen LogP contribution is 2.39. The zero-order chi connectivity index (χ0) is 15.6. The molecule has 0 aromatic heterocycles. The smallest absolute Gasteiger partial charge is 0.252 e. The summed E-state index contributed by atoms with van der Waals surface area (Å²) >= 11 is 0. The van der Waals surface area contributed by atoms with Gasteiger partial charge in [0.15, 0.2) is 0 Å². The average molecular weight is 335 g/mol. The maximum Gasteiger partial charge on any atom is 0.252 e. The van der Waals surface area contributed by atoms with E-state index in [1.54, 1.807) is 36.4 Å². The molecule has 1 saturated carbocycles. The van der Waals surface area contributed by atoms with E-state index in [-0.39, 0.29) is 24.1 Å². The average Bonchev–Trinajstić information content (AvgIpc) is 2.97. The number of nitrogen functional groups attached to an aromatic ring is 1. The minimum atomic E-state index is -0.407. The van der Waals surface area contributed by atoms with Gasteiger partial charge in [-0.1, -0.05) is 31.0 Å². The van der Waals surface area contributed by atoms with Gasteiger partial charge >= 0.3 is 0 Å². The van der Waals surface area contributed by atoms with Gasteiger partial charge in [0.2, 0.25) is 0 Å². The van der Waals surface area contributed by atoms with Gasteiger partial charge in [-0.05, 0) is 48.7 Å². The normalized spacial score (nSPS) is 15.7. The number of nitrogens with one attached hydrogen (secondary N) is 1. The summed E-state index contributed by atoms with van der Waals surface area (Å²) in [4.78, 5) is 12.6. The molecule has 0 unspecified atom stereocenters. The van der Waals surface area contributed by atoms with Crippen LogP contribution in [-0.4, -0.2) is 5.91 Å². The highest BCUT2D eigenvalue weighted by molar-refractivity contribution is 5.95. The first-order valence-electron chi connectivity index (χ1n) is 7.53. The molecule has 5 heteroatoms. The van der Waals surface area contributed by atoms with Gasteiger partial charge < -0.3 is 11.1 Å². The molecule has 1 aliphatic carbocycles. The second-order valence-electron chi connectivity index (χ2n) is 5.88. The van der Waals surface area contributed by atoms with E-state index in [9.17, 15) is 9.18 Å². The second kappa shape index (κ2) is 7.01. The lowest BCUT2D eigenvalue weighted by Gasteiger charge is -2.31. The molecule has 1 fully saturated rings. The summed E-state index contributed by atoms with van der Waals surface area (Å²) < 4.78 is 13.2. The van der Waals surface area contributed by atoms with Crippen molar-refractivity contribution in [1.29, 1.82) is 0 Å². The molecule has 23 heavy (non-hydrogen) atoms. The van der Waals surface area contributed by atoms with E-state index >= 15 is 0 Å². The zero-order valence-electron chi connectivity index (χ0n) is 12.7. The molecule has 0 heterocycles. The Kier molecular flexibility index (Phi) is 5.26. The molecular weight excluding hydrogens is 315 g/mol. The topological polar surface area (TPSA) is 55.1 Å². The van der Waals surface area contributed by atoms with Crippen LogP contribution in [0.3, 0.4) is 0 Å². The van der Waals surface area contributed by atoms with Crippen LogP contribution in [0.15, 0.2) is 48.5 Å². The molecule has 3 N–H and O–H groups in total. The summed E-state index contributed by atoms with van der Waals surface area (Å²) in [6.07, 6.45) is 3.84. The predicted molar refractivity (Wildman–Crippen MR) is 92.1 cm³/mol. The molecule has 0 atom stereocenters. The molecule has 2 aromatic rings. The third-order valence-corrected chi connectivity index (χ3v) is 4.36. The number of halogens is 2. The van der Waals surface area contributed by atoms with Crippen molar-refractivity contribution in [1.82, 2.24) is 5.32 Å². The highest BCUT2D eigenvalue weighted by Gasteiger charge is 2.37. The van der Waals surface area contributed by atoms with E-state index in [0.29, 0.717) is 11.3 Å². The number of nitrogens with two attached hydrogens (primary N) is 1. The van der Waals surface area contributed by atoms with E-state index in [1.165, 1.54) is 12.1 Å². The zero-order valence-corrected chi connectivity index (χ0v) is 13.5. The van der Waals surface area contributed by atoms with Crippen LogP contribution in [0.25, 0.3) is 0 Å². The lowest BCUT2D eigenvalue weighted by atomic mass is 9.87. The molecular formula is C18H20ClFN2O. The maximum absolute atomic E-state index is 13.2. The molecule has 3 rings (SSSR count). The summed E-state index contributed by atoms with van der Waals surface area (Å²) in [6, 6.07) is 13.4. The van der Waals surface area contributed by atoms with Gasteiger partial charge in [0.25, 0.3) is 5.91 Å². The Morgan fingerprint density at radius 1 is 1.09 bits per heavy atom. The SMILES string of the molecule is Cl.Nc1cccc(C(=O)NC2(c3ccc(F)cc3)CCCC2)c1. The van der Waals surface area contributed by atoms with Crippen molar-refractivity contribution in [3.8, 4) is 0 Å². The molecule has 0 radical (unpaired) electrons. The fraction of sp³-hybridized carbons (Fsp3) is 0.278. The molecule has 0 saturated heterocycles. The lowest BCUT2D eigenvalue weighted by molar-refractivity contribution is 0.0898. The molecule has 122 valence electrons. The summed E-state index contributed by atoms with van der Waals surface area (Å²) in [6.45, 7) is 0. The van der Waals surface area contributed by atoms with Gasteiger partial charge in [-0.3, -0.25) is 4.79 Å². The number of anilines is 1. The number of carbonyl (C=O) groups is 1. The van der Waals surface area contributed by atoms with Crippen LogP contribution in [0.1, 0.15) is 41.6 Å². The van der Waals surface area contributed by atoms with Crippen molar-refractivity contribution >= 4 is 24.0 Å². The third kappa shape index (κ3) is 3.64. The monoisotopic (exact) mass is 334 g/mol. The molecule has 1 aliphatic rings. The summed E-state index contributed by atoms with van der Waals surface area (Å²) in [5, 5.41) is 3.15. The summed E-state index contributed by atoms with van der Waals surface area (Å²) in [7, 11) is 0. The minimum absolute atomic E-state index is 0. The molecule has 0 aliphatic heterocycles. The maximum atomic E-state index is 13.2. The fourth-order valence-corrected chi connectivity index (χ4v) is 3.20. The minimum Gasteiger partial charge on any atom is -0.399 e. The van der Waals surface area contributed by atoms with Gasteiger partial charge in [-0.2, -0.15) is 0 Å². The number of hydrogen-bond donors (Lipinski definition) is 2. The number of hydrogen-bond acceptors (Lipinski definition) is 2. The number of rotatable bonds is 3. The van der Waals surface area contributed by atoms with E-state index < -0.39 is 5.54 Å². The highest BCUT2D eigenvalue weighted by atomic mass is 35.5. The van der Waals surface area contributed by atoms with Crippen LogP contribution in [0.5, 0.6) is 0 Å². The Hall–Kier alpha value is -2.07. The number of carbonyl (C=O) groups excluding carboxylic acids is 1. The van der Waals surface area contributed by atoms with Crippen molar-refractivity contribution < 1.29 is 9.18 Å². The second-order valence-corrected chi connectivity index (χ2v) is 5.88. The Bertz CT molecular complexity index is 682. The van der Waals surface area contributed by atoms with Gasteiger partial charge in [0.05, 0.1) is 5.54 Å². The van der Waals surface area contributed by atoms with Gasteiger partial charge in [0.1, 0.15) is 5.82 Å². The van der Waals surface area contributed by atoms with Gasteiger partial charge in [0, 0.05) is 11.3 Å². The van der Waals surface area contributed by atoms with E-state index in [1.807, 2.05) is 0 Å². The first-order valence-corrected chi connectivity index (χ1v) is 7.53. The van der Waals surface area contributed by atoms with Crippen molar-refractivity contribution in [2.45, 2.75) is 31.2 Å². The van der Waals surface area contributed by atoms with E-state index in [2.05, 4.69) is 5.32 Å². The van der Waals surface area contributed by atoms with Crippen LogP contribution in [0.2, 0.25) is 0 Å². The van der Waals surface area contributed by atoms with Crippen LogP contribution >= 0.6 is 12.4 Å². The first-order chi connectivity index (χ1) is 10.6. The van der Waals surface area contributed by atoms with Crippen molar-refractivity contribution in [2.75, 3.05) is 5.73 Å². The number of benzene rings is 2. The quantitative estimate of drug-likeness (QED) is 0.833. The summed E-state index contributed by atoms with van der Waals surface area (Å²) in [5.74, 6) is -0.405. The van der Waals surface area contributed by atoms with Crippen LogP contribution in [-0.2, 0) is 5.54 Å². The van der Waals surface area contributed by atoms with Crippen LogP contribution in [0, 0.1) is 5.82 Å². The molecule has 0 spiro atoms. The fourth-order valence-electron chi connectivity index (χ4n) is 3.20. The van der Waals surface area contributed by atoms with Gasteiger partial charge in [-0.15, -0.1) is 12.4 Å². The van der Waals surface area contributed by atoms with Crippen LogP contribution < -0.4 is 11.1 Å². The Morgan fingerprint density at radius 2 is 1.74 bits per heavy atom. The third-order valence-electron chi connectivity index (χ3n) is 4.36. The summed E-state index contributed by atoms with van der Waals surface area (Å²) in [5.41, 5.74) is 7.41. The lowest BCUT2D eigenvalue weighted by Crippen LogP contribution is -2.43. The first kappa shape index (κ1) is 17.3. The van der Waals surface area contributed by atoms with Crippen LogP contribution in [0.4, 0.5) is 10.1 Å². The standard InChI is InChI=1S/C18H19FN2O.ClH/c19-15-8-6-14(7-9-15)18(10-1-2-11-18)21-17(22)13-4-3-5-16(20)12-13;/h3-9,12H,1-2,10-11,20H2,(H,21,22);1H. The molecule has 2 aromatic carbocycles.